The Morgan fingerprint density at radius 1 is 1.12 bits per heavy atom. The normalized spacial score (nSPS) is 17.0. The highest BCUT2D eigenvalue weighted by atomic mass is 32.2. The third-order valence-corrected chi connectivity index (χ3v) is 7.71. The molecule has 2 aromatic carbocycles. The summed E-state index contributed by atoms with van der Waals surface area (Å²) in [5.41, 5.74) is 1.97. The van der Waals surface area contributed by atoms with E-state index in [9.17, 15) is 13.2 Å². The number of hydrogen-bond acceptors (Lipinski definition) is 6. The smallest absolute Gasteiger partial charge is 0.268 e. The molecular weight excluding hydrogens is 430 g/mol. The zero-order valence-corrected chi connectivity index (χ0v) is 19.1. The monoisotopic (exact) mass is 459 g/mol. The van der Waals surface area contributed by atoms with E-state index >= 15 is 0 Å². The number of nitrogens with zero attached hydrogens (tertiary/aromatic N) is 2. The molecule has 2 aliphatic heterocycles. The Bertz CT molecular complexity index is 1070. The lowest BCUT2D eigenvalue weighted by Crippen LogP contribution is -2.41. The van der Waals surface area contributed by atoms with Gasteiger partial charge in [-0.1, -0.05) is 18.2 Å². The number of para-hydroxylation sites is 1. The lowest BCUT2D eigenvalue weighted by atomic mass is 10.0. The van der Waals surface area contributed by atoms with Gasteiger partial charge in [0, 0.05) is 38.3 Å². The van der Waals surface area contributed by atoms with Crippen molar-refractivity contribution < 1.29 is 22.7 Å². The molecule has 0 spiro atoms. The molecule has 1 N–H and O–H groups in total. The van der Waals surface area contributed by atoms with Crippen molar-refractivity contribution in [1.82, 2.24) is 10.2 Å². The Hall–Kier alpha value is -2.62. The SMILES string of the molecule is COc1ccc(C(=O)NCCN2CCOCC2)cc1S(=O)(=O)N1CCCc2ccccc21. The van der Waals surface area contributed by atoms with Gasteiger partial charge in [-0.05, 0) is 42.7 Å². The predicted molar refractivity (Wildman–Crippen MR) is 122 cm³/mol. The van der Waals surface area contributed by atoms with Crippen molar-refractivity contribution >= 4 is 21.6 Å². The van der Waals surface area contributed by atoms with E-state index in [0.717, 1.165) is 38.0 Å². The third-order valence-electron chi connectivity index (χ3n) is 5.88. The largest absolute Gasteiger partial charge is 0.495 e. The fraction of sp³-hybridized carbons (Fsp3) is 0.435. The average Bonchev–Trinajstić information content (AvgIpc) is 2.83. The summed E-state index contributed by atoms with van der Waals surface area (Å²) in [5.74, 6) is -0.0886. The lowest BCUT2D eigenvalue weighted by Gasteiger charge is -2.31. The zero-order valence-electron chi connectivity index (χ0n) is 18.2. The molecule has 32 heavy (non-hydrogen) atoms. The molecule has 1 amide bonds. The molecule has 0 saturated carbocycles. The number of methoxy groups -OCH3 is 1. The molecule has 0 aromatic heterocycles. The van der Waals surface area contributed by atoms with Gasteiger partial charge in [0.15, 0.2) is 0 Å². The molecule has 172 valence electrons. The van der Waals surface area contributed by atoms with Crippen molar-refractivity contribution in [1.29, 1.82) is 0 Å². The summed E-state index contributed by atoms with van der Waals surface area (Å²) < 4.78 is 39.3. The minimum atomic E-state index is -3.91. The molecule has 9 heteroatoms. The van der Waals surface area contributed by atoms with Crippen LogP contribution in [0.3, 0.4) is 0 Å². The fourth-order valence-corrected chi connectivity index (χ4v) is 5.87. The van der Waals surface area contributed by atoms with Gasteiger partial charge in [0.2, 0.25) is 0 Å². The highest BCUT2D eigenvalue weighted by Crippen LogP contribution is 2.35. The molecule has 0 unspecified atom stereocenters. The Morgan fingerprint density at radius 3 is 2.69 bits per heavy atom. The van der Waals surface area contributed by atoms with Gasteiger partial charge in [-0.2, -0.15) is 0 Å². The van der Waals surface area contributed by atoms with Crippen molar-refractivity contribution in [3.8, 4) is 5.75 Å². The summed E-state index contributed by atoms with van der Waals surface area (Å²) >= 11 is 0. The van der Waals surface area contributed by atoms with Crippen LogP contribution in [0.5, 0.6) is 5.75 Å². The molecule has 4 rings (SSSR count). The van der Waals surface area contributed by atoms with E-state index in [0.29, 0.717) is 32.0 Å². The number of hydrogen-bond donors (Lipinski definition) is 1. The maximum Gasteiger partial charge on any atom is 0.268 e. The van der Waals surface area contributed by atoms with Gasteiger partial charge < -0.3 is 14.8 Å². The number of anilines is 1. The molecule has 1 saturated heterocycles. The molecule has 2 aliphatic rings. The van der Waals surface area contributed by atoms with Crippen LogP contribution in [0, 0.1) is 0 Å². The third kappa shape index (κ3) is 4.74. The Morgan fingerprint density at radius 2 is 1.91 bits per heavy atom. The van der Waals surface area contributed by atoms with E-state index in [1.165, 1.54) is 17.5 Å². The van der Waals surface area contributed by atoms with Crippen molar-refractivity contribution in [2.75, 3.05) is 57.4 Å². The molecule has 0 aliphatic carbocycles. The number of fused-ring (bicyclic) bond motifs is 1. The van der Waals surface area contributed by atoms with Gasteiger partial charge in [-0.25, -0.2) is 8.42 Å². The number of rotatable bonds is 7. The van der Waals surface area contributed by atoms with E-state index in [2.05, 4.69) is 10.2 Å². The second-order valence-corrected chi connectivity index (χ2v) is 9.72. The Labute approximate surface area is 189 Å². The van der Waals surface area contributed by atoms with Gasteiger partial charge in [0.1, 0.15) is 10.6 Å². The van der Waals surface area contributed by atoms with Crippen LogP contribution < -0.4 is 14.4 Å². The van der Waals surface area contributed by atoms with E-state index in [1.807, 2.05) is 24.3 Å². The van der Waals surface area contributed by atoms with E-state index < -0.39 is 10.0 Å². The fourth-order valence-electron chi connectivity index (χ4n) is 4.14. The number of carbonyl (C=O) groups excluding carboxylic acids is 1. The van der Waals surface area contributed by atoms with E-state index in [4.69, 9.17) is 9.47 Å². The first-order valence-corrected chi connectivity index (χ1v) is 12.3. The maximum atomic E-state index is 13.6. The summed E-state index contributed by atoms with van der Waals surface area (Å²) in [4.78, 5) is 15.0. The van der Waals surface area contributed by atoms with Crippen molar-refractivity contribution in [3.63, 3.8) is 0 Å². The van der Waals surface area contributed by atoms with Gasteiger partial charge in [0.25, 0.3) is 15.9 Å². The number of ether oxygens (including phenoxy) is 2. The molecule has 2 aromatic rings. The van der Waals surface area contributed by atoms with Gasteiger partial charge in [0.05, 0.1) is 26.0 Å². The first-order valence-electron chi connectivity index (χ1n) is 10.9. The van der Waals surface area contributed by atoms with E-state index in [1.54, 1.807) is 12.1 Å². The number of aryl methyl sites for hydroxylation is 1. The first kappa shape index (κ1) is 22.6. The number of sulfonamides is 1. The van der Waals surface area contributed by atoms with Crippen LogP contribution in [0.25, 0.3) is 0 Å². The second-order valence-electron chi connectivity index (χ2n) is 7.88. The maximum absolute atomic E-state index is 13.6. The lowest BCUT2D eigenvalue weighted by molar-refractivity contribution is 0.0383. The summed E-state index contributed by atoms with van der Waals surface area (Å²) in [6.07, 6.45) is 1.57. The Balaban J connectivity index is 1.55. The zero-order chi connectivity index (χ0) is 22.6. The number of nitrogens with one attached hydrogen (secondary N) is 1. The number of morpholine rings is 1. The Kier molecular flexibility index (Phi) is 6.98. The minimum Gasteiger partial charge on any atom is -0.495 e. The van der Waals surface area contributed by atoms with Gasteiger partial charge in [-0.15, -0.1) is 0 Å². The highest BCUT2D eigenvalue weighted by molar-refractivity contribution is 7.93. The van der Waals surface area contributed by atoms with Crippen LogP contribution in [0.1, 0.15) is 22.3 Å². The van der Waals surface area contributed by atoms with Gasteiger partial charge in [-0.3, -0.25) is 14.0 Å². The first-order chi connectivity index (χ1) is 15.5. The molecule has 0 radical (unpaired) electrons. The summed E-state index contributed by atoms with van der Waals surface area (Å²) in [7, 11) is -2.47. The van der Waals surface area contributed by atoms with Crippen molar-refractivity contribution in [2.24, 2.45) is 0 Å². The number of carbonyl (C=O) groups is 1. The number of benzene rings is 2. The van der Waals surface area contributed by atoms with Crippen LogP contribution in [0.2, 0.25) is 0 Å². The highest BCUT2D eigenvalue weighted by Gasteiger charge is 2.32. The molecular formula is C23H29N3O5S. The molecule has 8 nitrogen and oxygen atoms in total. The van der Waals surface area contributed by atoms with Gasteiger partial charge >= 0.3 is 0 Å². The second kappa shape index (κ2) is 9.89. The topological polar surface area (TPSA) is 88.2 Å². The van der Waals surface area contributed by atoms with Crippen molar-refractivity contribution in [2.45, 2.75) is 17.7 Å². The average molecular weight is 460 g/mol. The number of amides is 1. The van der Waals surface area contributed by atoms with Crippen LogP contribution in [0.4, 0.5) is 5.69 Å². The minimum absolute atomic E-state index is 0.00228. The summed E-state index contributed by atoms with van der Waals surface area (Å²) in [6, 6.07) is 12.1. The molecule has 1 fully saturated rings. The van der Waals surface area contributed by atoms with Crippen LogP contribution >= 0.6 is 0 Å². The predicted octanol–water partition coefficient (Wildman–Crippen LogP) is 1.90. The van der Waals surface area contributed by atoms with E-state index in [-0.39, 0.29) is 22.1 Å². The van der Waals surface area contributed by atoms with Crippen molar-refractivity contribution in [3.05, 3.63) is 53.6 Å². The molecule has 0 atom stereocenters. The van der Waals surface area contributed by atoms with Crippen LogP contribution in [-0.2, 0) is 21.2 Å². The molecule has 2 heterocycles. The standard InChI is InChI=1S/C23H29N3O5S/c1-30-21-9-8-19(23(27)24-10-12-25-13-15-31-16-14-25)17-22(21)32(28,29)26-11-4-6-18-5-2-3-7-20(18)26/h2-3,5,7-9,17H,4,6,10-16H2,1H3,(H,24,27). The molecule has 0 bridgehead atoms. The van der Waals surface area contributed by atoms with Crippen LogP contribution in [-0.4, -0.2) is 72.3 Å². The summed E-state index contributed by atoms with van der Waals surface area (Å²) in [5, 5.41) is 2.89. The quantitative estimate of drug-likeness (QED) is 0.681. The van der Waals surface area contributed by atoms with Crippen LogP contribution in [0.15, 0.2) is 47.4 Å². The summed E-state index contributed by atoms with van der Waals surface area (Å²) in [6.45, 7) is 4.68.